The molecule has 1 unspecified atom stereocenters. The molecule has 1 heterocycles. The van der Waals surface area contributed by atoms with Gasteiger partial charge in [0.25, 0.3) is 5.91 Å². The minimum Gasteiger partial charge on any atom is -0.391 e. The highest BCUT2D eigenvalue weighted by molar-refractivity contribution is 7.10. The first-order valence-corrected chi connectivity index (χ1v) is 7.15. The van der Waals surface area contributed by atoms with E-state index in [-0.39, 0.29) is 5.91 Å². The fourth-order valence-electron chi connectivity index (χ4n) is 2.13. The highest BCUT2D eigenvalue weighted by atomic mass is 32.1. The minimum absolute atomic E-state index is 0.0306. The van der Waals surface area contributed by atoms with Crippen molar-refractivity contribution in [1.82, 2.24) is 5.32 Å². The predicted octanol–water partition coefficient (Wildman–Crippen LogP) is 2.13. The Balaban J connectivity index is 2.02. The molecular weight excluding hydrogens is 234 g/mol. The first-order chi connectivity index (χ1) is 8.22. The SMILES string of the molecule is CCC(O)CNC(=O)c1csc2c1CCCC2. The van der Waals surface area contributed by atoms with E-state index in [9.17, 15) is 9.90 Å². The van der Waals surface area contributed by atoms with Gasteiger partial charge in [-0.15, -0.1) is 11.3 Å². The van der Waals surface area contributed by atoms with E-state index in [1.54, 1.807) is 11.3 Å². The fourth-order valence-corrected chi connectivity index (χ4v) is 3.26. The van der Waals surface area contributed by atoms with Gasteiger partial charge in [-0.2, -0.15) is 0 Å². The number of carbonyl (C=O) groups excluding carboxylic acids is 1. The number of aryl methyl sites for hydroxylation is 1. The van der Waals surface area contributed by atoms with Crippen molar-refractivity contribution in [3.8, 4) is 0 Å². The number of fused-ring (bicyclic) bond motifs is 1. The third-order valence-electron chi connectivity index (χ3n) is 3.28. The van der Waals surface area contributed by atoms with Gasteiger partial charge in [0, 0.05) is 16.8 Å². The molecule has 2 N–H and O–H groups in total. The molecule has 0 radical (unpaired) electrons. The van der Waals surface area contributed by atoms with Gasteiger partial charge < -0.3 is 10.4 Å². The van der Waals surface area contributed by atoms with Crippen molar-refractivity contribution >= 4 is 17.2 Å². The molecule has 1 amide bonds. The number of aliphatic hydroxyl groups is 1. The lowest BCUT2D eigenvalue weighted by Crippen LogP contribution is -2.32. The summed E-state index contributed by atoms with van der Waals surface area (Å²) < 4.78 is 0. The molecule has 1 atom stereocenters. The van der Waals surface area contributed by atoms with Gasteiger partial charge in [0.05, 0.1) is 11.7 Å². The third kappa shape index (κ3) is 2.87. The Morgan fingerprint density at radius 2 is 2.29 bits per heavy atom. The Labute approximate surface area is 106 Å². The van der Waals surface area contributed by atoms with Crippen LogP contribution in [-0.2, 0) is 12.8 Å². The zero-order chi connectivity index (χ0) is 12.3. The Morgan fingerprint density at radius 1 is 1.53 bits per heavy atom. The molecule has 17 heavy (non-hydrogen) atoms. The van der Waals surface area contributed by atoms with Crippen LogP contribution < -0.4 is 5.32 Å². The van der Waals surface area contributed by atoms with Crippen LogP contribution in [-0.4, -0.2) is 23.7 Å². The van der Waals surface area contributed by atoms with Crippen molar-refractivity contribution in [2.45, 2.75) is 45.1 Å². The normalized spacial score (nSPS) is 16.4. The van der Waals surface area contributed by atoms with Crippen molar-refractivity contribution in [1.29, 1.82) is 0 Å². The van der Waals surface area contributed by atoms with Crippen molar-refractivity contribution < 1.29 is 9.90 Å². The number of hydrogen-bond donors (Lipinski definition) is 2. The van der Waals surface area contributed by atoms with Crippen molar-refractivity contribution in [3.05, 3.63) is 21.4 Å². The number of carbonyl (C=O) groups is 1. The van der Waals surface area contributed by atoms with Crippen LogP contribution in [0.5, 0.6) is 0 Å². The number of nitrogens with one attached hydrogen (secondary N) is 1. The average Bonchev–Trinajstić information content (AvgIpc) is 2.79. The van der Waals surface area contributed by atoms with Crippen LogP contribution in [0.15, 0.2) is 5.38 Å². The molecule has 0 aliphatic heterocycles. The van der Waals surface area contributed by atoms with Crippen LogP contribution >= 0.6 is 11.3 Å². The first-order valence-electron chi connectivity index (χ1n) is 6.28. The molecule has 1 aromatic rings. The molecule has 0 saturated heterocycles. The smallest absolute Gasteiger partial charge is 0.252 e. The molecule has 3 nitrogen and oxygen atoms in total. The largest absolute Gasteiger partial charge is 0.391 e. The summed E-state index contributed by atoms with van der Waals surface area (Å²) in [5.41, 5.74) is 2.07. The predicted molar refractivity (Wildman–Crippen MR) is 69.6 cm³/mol. The molecule has 94 valence electrons. The molecule has 1 aliphatic rings. The zero-order valence-electron chi connectivity index (χ0n) is 10.2. The van der Waals surface area contributed by atoms with Gasteiger partial charge in [-0.05, 0) is 37.7 Å². The summed E-state index contributed by atoms with van der Waals surface area (Å²) >= 11 is 1.70. The van der Waals surface area contributed by atoms with E-state index < -0.39 is 6.10 Å². The van der Waals surface area contributed by atoms with E-state index in [1.165, 1.54) is 23.3 Å². The summed E-state index contributed by atoms with van der Waals surface area (Å²) in [6, 6.07) is 0. The Kier molecular flexibility index (Phi) is 4.18. The van der Waals surface area contributed by atoms with E-state index in [0.717, 1.165) is 18.4 Å². The molecule has 0 bridgehead atoms. The van der Waals surface area contributed by atoms with E-state index in [2.05, 4.69) is 5.32 Å². The van der Waals surface area contributed by atoms with Crippen LogP contribution in [0.3, 0.4) is 0 Å². The minimum atomic E-state index is -0.437. The van der Waals surface area contributed by atoms with Crippen LogP contribution in [0.2, 0.25) is 0 Å². The van der Waals surface area contributed by atoms with Crippen molar-refractivity contribution in [2.75, 3.05) is 6.54 Å². The summed E-state index contributed by atoms with van der Waals surface area (Å²) in [7, 11) is 0. The number of rotatable bonds is 4. The van der Waals surface area contributed by atoms with E-state index >= 15 is 0 Å². The fraction of sp³-hybridized carbons (Fsp3) is 0.615. The summed E-state index contributed by atoms with van der Waals surface area (Å²) in [4.78, 5) is 13.4. The standard InChI is InChI=1S/C13H19NO2S/c1-2-9(15)7-14-13(16)11-8-17-12-6-4-3-5-10(11)12/h8-9,15H,2-7H2,1H3,(H,14,16). The van der Waals surface area contributed by atoms with E-state index in [1.807, 2.05) is 12.3 Å². The number of thiophene rings is 1. The van der Waals surface area contributed by atoms with Gasteiger partial charge in [0.1, 0.15) is 0 Å². The van der Waals surface area contributed by atoms with Crippen molar-refractivity contribution in [2.24, 2.45) is 0 Å². The van der Waals surface area contributed by atoms with Gasteiger partial charge in [-0.25, -0.2) is 0 Å². The van der Waals surface area contributed by atoms with Gasteiger partial charge in [-0.3, -0.25) is 4.79 Å². The lowest BCUT2D eigenvalue weighted by atomic mass is 9.95. The molecule has 0 aromatic carbocycles. The van der Waals surface area contributed by atoms with Crippen LogP contribution in [0.1, 0.15) is 47.0 Å². The Bertz CT molecular complexity index is 400. The monoisotopic (exact) mass is 253 g/mol. The Morgan fingerprint density at radius 3 is 3.06 bits per heavy atom. The topological polar surface area (TPSA) is 49.3 Å². The lowest BCUT2D eigenvalue weighted by molar-refractivity contribution is 0.0913. The highest BCUT2D eigenvalue weighted by Crippen LogP contribution is 2.30. The molecule has 1 aliphatic carbocycles. The second-order valence-corrected chi connectivity index (χ2v) is 5.49. The molecular formula is C13H19NO2S. The second-order valence-electron chi connectivity index (χ2n) is 4.53. The van der Waals surface area contributed by atoms with Gasteiger partial charge in [0.15, 0.2) is 0 Å². The maximum Gasteiger partial charge on any atom is 0.252 e. The molecule has 4 heteroatoms. The quantitative estimate of drug-likeness (QED) is 0.863. The third-order valence-corrected chi connectivity index (χ3v) is 4.36. The maximum atomic E-state index is 12.0. The average molecular weight is 253 g/mol. The summed E-state index contributed by atoms with van der Waals surface area (Å²) in [5, 5.41) is 14.2. The van der Waals surface area contributed by atoms with Crippen LogP contribution in [0, 0.1) is 0 Å². The van der Waals surface area contributed by atoms with Gasteiger partial charge in [-0.1, -0.05) is 6.92 Å². The lowest BCUT2D eigenvalue weighted by Gasteiger charge is -2.13. The Hall–Kier alpha value is -0.870. The van der Waals surface area contributed by atoms with E-state index in [0.29, 0.717) is 13.0 Å². The summed E-state index contributed by atoms with van der Waals surface area (Å²) in [5.74, 6) is -0.0306. The second kappa shape index (κ2) is 5.65. The zero-order valence-corrected chi connectivity index (χ0v) is 11.0. The molecule has 1 aromatic heterocycles. The first kappa shape index (κ1) is 12.6. The van der Waals surface area contributed by atoms with Crippen LogP contribution in [0.4, 0.5) is 0 Å². The molecule has 0 saturated carbocycles. The number of hydrogen-bond acceptors (Lipinski definition) is 3. The highest BCUT2D eigenvalue weighted by Gasteiger charge is 2.20. The summed E-state index contributed by atoms with van der Waals surface area (Å²) in [6.07, 6.45) is 4.80. The van der Waals surface area contributed by atoms with Crippen molar-refractivity contribution in [3.63, 3.8) is 0 Å². The van der Waals surface area contributed by atoms with Crippen LogP contribution in [0.25, 0.3) is 0 Å². The van der Waals surface area contributed by atoms with Gasteiger partial charge in [0.2, 0.25) is 0 Å². The van der Waals surface area contributed by atoms with Gasteiger partial charge >= 0.3 is 0 Å². The molecule has 0 fully saturated rings. The molecule has 2 rings (SSSR count). The van der Waals surface area contributed by atoms with E-state index in [4.69, 9.17) is 0 Å². The number of amides is 1. The maximum absolute atomic E-state index is 12.0. The molecule has 0 spiro atoms. The number of aliphatic hydroxyl groups excluding tert-OH is 1. The summed E-state index contributed by atoms with van der Waals surface area (Å²) in [6.45, 7) is 2.25.